The van der Waals surface area contributed by atoms with Gasteiger partial charge in [-0.05, 0) is 44.2 Å². The van der Waals surface area contributed by atoms with Gasteiger partial charge in [-0.1, -0.05) is 18.2 Å². The van der Waals surface area contributed by atoms with Crippen LogP contribution in [0.2, 0.25) is 0 Å². The maximum atomic E-state index is 12.8. The summed E-state index contributed by atoms with van der Waals surface area (Å²) in [6, 6.07) is 14.5. The number of aromatic nitrogens is 2. The lowest BCUT2D eigenvalue weighted by molar-refractivity contribution is 0.0949. The number of para-hydroxylation sites is 1. The summed E-state index contributed by atoms with van der Waals surface area (Å²) < 4.78 is 1.55. The van der Waals surface area contributed by atoms with Crippen LogP contribution in [0.5, 0.6) is 0 Å². The van der Waals surface area contributed by atoms with Gasteiger partial charge in [-0.3, -0.25) is 24.6 Å². The van der Waals surface area contributed by atoms with Crippen molar-refractivity contribution in [2.24, 2.45) is 0 Å². The largest absolute Gasteiger partial charge is 0.289 e. The van der Waals surface area contributed by atoms with E-state index in [1.807, 2.05) is 50.2 Å². The van der Waals surface area contributed by atoms with Gasteiger partial charge in [0, 0.05) is 24.7 Å². The zero-order valence-electron chi connectivity index (χ0n) is 14.4. The van der Waals surface area contributed by atoms with E-state index in [0.29, 0.717) is 5.65 Å². The quantitative estimate of drug-likeness (QED) is 0.744. The number of anilines is 1. The van der Waals surface area contributed by atoms with E-state index in [-0.39, 0.29) is 17.2 Å². The molecule has 1 amide bonds. The molecule has 3 rings (SSSR count). The average Bonchev–Trinajstić information content (AvgIpc) is 2.61. The number of hydrogen-bond donors (Lipinski definition) is 1. The van der Waals surface area contributed by atoms with Crippen LogP contribution in [-0.2, 0) is 0 Å². The maximum Gasteiger partial charge on any atom is 0.275 e. The highest BCUT2D eigenvalue weighted by atomic mass is 16.2. The molecule has 0 radical (unpaired) electrons. The fraction of sp³-hybridized carbons (Fsp3) is 0.211. The van der Waals surface area contributed by atoms with E-state index < -0.39 is 5.91 Å². The summed E-state index contributed by atoms with van der Waals surface area (Å²) in [6.45, 7) is 3.79. The van der Waals surface area contributed by atoms with E-state index >= 15 is 0 Å². The number of nitrogens with zero attached hydrogens (tertiary/aromatic N) is 3. The lowest BCUT2D eigenvalue weighted by Crippen LogP contribution is -2.42. The van der Waals surface area contributed by atoms with Crippen molar-refractivity contribution in [3.05, 3.63) is 70.6 Å². The molecule has 6 heteroatoms. The number of benzene rings is 1. The number of hydrazine groups is 1. The molecule has 25 heavy (non-hydrogen) atoms. The second-order valence-electron chi connectivity index (χ2n) is 6.08. The van der Waals surface area contributed by atoms with Crippen molar-refractivity contribution in [1.29, 1.82) is 0 Å². The first-order valence-corrected chi connectivity index (χ1v) is 8.09. The van der Waals surface area contributed by atoms with Gasteiger partial charge in [0.05, 0.1) is 5.69 Å². The molecule has 0 fully saturated rings. The molecule has 0 bridgehead atoms. The highest BCUT2D eigenvalue weighted by Gasteiger charge is 2.18. The Morgan fingerprint density at radius 1 is 1.16 bits per heavy atom. The van der Waals surface area contributed by atoms with Crippen LogP contribution >= 0.6 is 0 Å². The fourth-order valence-electron chi connectivity index (χ4n) is 2.74. The van der Waals surface area contributed by atoms with E-state index in [1.54, 1.807) is 35.0 Å². The van der Waals surface area contributed by atoms with Crippen LogP contribution in [0.25, 0.3) is 11.0 Å². The van der Waals surface area contributed by atoms with E-state index in [2.05, 4.69) is 10.4 Å². The van der Waals surface area contributed by atoms with Crippen molar-refractivity contribution in [1.82, 2.24) is 15.0 Å². The molecule has 0 aliphatic carbocycles. The van der Waals surface area contributed by atoms with Gasteiger partial charge in [-0.15, -0.1) is 0 Å². The van der Waals surface area contributed by atoms with Gasteiger partial charge >= 0.3 is 0 Å². The summed E-state index contributed by atoms with van der Waals surface area (Å²) in [7, 11) is 1.73. The van der Waals surface area contributed by atoms with E-state index in [1.165, 1.54) is 0 Å². The lowest BCUT2D eigenvalue weighted by atomic mass is 10.1. The highest BCUT2D eigenvalue weighted by Crippen LogP contribution is 2.15. The standard InChI is InChI=1S/C19H20N4O2/c1-13(2)23-17-14(8-7-11-20-17)12-16(19(23)25)18(24)21-22(3)15-9-5-4-6-10-15/h4-13H,1-3H3,(H,21,24). The van der Waals surface area contributed by atoms with Crippen LogP contribution in [0.4, 0.5) is 5.69 Å². The third-order valence-corrected chi connectivity index (χ3v) is 3.97. The van der Waals surface area contributed by atoms with Gasteiger partial charge in [0.1, 0.15) is 11.2 Å². The Labute approximate surface area is 145 Å². The first-order chi connectivity index (χ1) is 12.0. The van der Waals surface area contributed by atoms with Gasteiger partial charge < -0.3 is 0 Å². The first-order valence-electron chi connectivity index (χ1n) is 8.09. The molecule has 6 nitrogen and oxygen atoms in total. The molecule has 0 saturated heterocycles. The van der Waals surface area contributed by atoms with Gasteiger partial charge in [0.25, 0.3) is 11.5 Å². The minimum absolute atomic E-state index is 0.0944. The van der Waals surface area contributed by atoms with Crippen molar-refractivity contribution in [2.45, 2.75) is 19.9 Å². The average molecular weight is 336 g/mol. The SMILES string of the molecule is CC(C)n1c(=O)c(C(=O)NN(C)c2ccccc2)cc2cccnc21. The second-order valence-corrected chi connectivity index (χ2v) is 6.08. The number of nitrogens with one attached hydrogen (secondary N) is 1. The molecule has 0 aliphatic heterocycles. The normalized spacial score (nSPS) is 10.9. The van der Waals surface area contributed by atoms with E-state index in [0.717, 1.165) is 11.1 Å². The monoisotopic (exact) mass is 336 g/mol. The second kappa shape index (κ2) is 6.76. The molecule has 0 atom stereocenters. The van der Waals surface area contributed by atoms with Crippen molar-refractivity contribution in [3.63, 3.8) is 0 Å². The predicted molar refractivity (Wildman–Crippen MR) is 98.7 cm³/mol. The Balaban J connectivity index is 2.02. The first kappa shape index (κ1) is 16.7. The van der Waals surface area contributed by atoms with Crippen LogP contribution in [0, 0.1) is 0 Å². The van der Waals surface area contributed by atoms with Crippen molar-refractivity contribution >= 4 is 22.6 Å². The third kappa shape index (κ3) is 3.24. The summed E-state index contributed by atoms with van der Waals surface area (Å²) in [6.07, 6.45) is 1.64. The van der Waals surface area contributed by atoms with Gasteiger partial charge in [-0.25, -0.2) is 4.98 Å². The molecule has 3 aromatic rings. The number of amides is 1. The van der Waals surface area contributed by atoms with Gasteiger partial charge in [-0.2, -0.15) is 0 Å². The molecule has 2 aromatic heterocycles. The zero-order chi connectivity index (χ0) is 18.0. The summed E-state index contributed by atoms with van der Waals surface area (Å²) in [4.78, 5) is 29.8. The molecule has 1 N–H and O–H groups in total. The molecule has 0 spiro atoms. The lowest BCUT2D eigenvalue weighted by Gasteiger charge is -2.21. The van der Waals surface area contributed by atoms with Crippen molar-refractivity contribution < 1.29 is 4.79 Å². The number of hydrogen-bond acceptors (Lipinski definition) is 4. The molecule has 2 heterocycles. The summed E-state index contributed by atoms with van der Waals surface area (Å²) in [5.41, 5.74) is 3.89. The minimum atomic E-state index is -0.448. The molecular weight excluding hydrogens is 316 g/mol. The van der Waals surface area contributed by atoms with Crippen molar-refractivity contribution in [2.75, 3.05) is 12.1 Å². The van der Waals surface area contributed by atoms with Crippen molar-refractivity contribution in [3.8, 4) is 0 Å². The van der Waals surface area contributed by atoms with E-state index in [9.17, 15) is 9.59 Å². The number of pyridine rings is 2. The van der Waals surface area contributed by atoms with E-state index in [4.69, 9.17) is 0 Å². The number of carbonyl (C=O) groups excluding carboxylic acids is 1. The topological polar surface area (TPSA) is 67.2 Å². The van der Waals surface area contributed by atoms with Crippen LogP contribution in [0.3, 0.4) is 0 Å². The highest BCUT2D eigenvalue weighted by molar-refractivity contribution is 5.97. The number of carbonyl (C=O) groups is 1. The Morgan fingerprint density at radius 2 is 1.88 bits per heavy atom. The maximum absolute atomic E-state index is 12.8. The summed E-state index contributed by atoms with van der Waals surface area (Å²) in [5.74, 6) is -0.448. The summed E-state index contributed by atoms with van der Waals surface area (Å²) >= 11 is 0. The molecule has 0 saturated carbocycles. The van der Waals surface area contributed by atoms with Gasteiger partial charge in [0.2, 0.25) is 0 Å². The molecule has 0 aliphatic rings. The smallest absolute Gasteiger partial charge is 0.275 e. The fourth-order valence-corrected chi connectivity index (χ4v) is 2.74. The Morgan fingerprint density at radius 3 is 2.56 bits per heavy atom. The molecular formula is C19H20N4O2. The predicted octanol–water partition coefficient (Wildman–Crippen LogP) is 2.76. The Bertz CT molecular complexity index is 964. The molecule has 128 valence electrons. The number of fused-ring (bicyclic) bond motifs is 1. The molecule has 0 unspecified atom stereocenters. The van der Waals surface area contributed by atoms with Crippen LogP contribution in [0.15, 0.2) is 59.5 Å². The Kier molecular flexibility index (Phi) is 4.52. The van der Waals surface area contributed by atoms with Gasteiger partial charge in [0.15, 0.2) is 0 Å². The Hall–Kier alpha value is -3.15. The van der Waals surface area contributed by atoms with Crippen LogP contribution < -0.4 is 16.0 Å². The molecule has 1 aromatic carbocycles. The van der Waals surface area contributed by atoms with Crippen LogP contribution in [0.1, 0.15) is 30.2 Å². The zero-order valence-corrected chi connectivity index (χ0v) is 14.4. The third-order valence-electron chi connectivity index (χ3n) is 3.97. The van der Waals surface area contributed by atoms with Crippen LogP contribution in [-0.4, -0.2) is 22.5 Å². The summed E-state index contributed by atoms with van der Waals surface area (Å²) in [5, 5.41) is 2.35. The number of rotatable bonds is 4. The minimum Gasteiger partial charge on any atom is -0.289 e.